The van der Waals surface area contributed by atoms with Crippen molar-refractivity contribution in [2.45, 2.75) is 33.7 Å². The van der Waals surface area contributed by atoms with Crippen LogP contribution in [0.25, 0.3) is 0 Å². The van der Waals surface area contributed by atoms with E-state index in [2.05, 4.69) is 0 Å². The van der Waals surface area contributed by atoms with Gasteiger partial charge in [-0.05, 0) is 36.6 Å². The molecular formula is C21H24N2O5. The topological polar surface area (TPSA) is 102 Å². The van der Waals surface area contributed by atoms with Gasteiger partial charge >= 0.3 is 0 Å². The first-order valence-corrected chi connectivity index (χ1v) is 8.88. The molecule has 0 radical (unpaired) electrons. The van der Waals surface area contributed by atoms with Crippen LogP contribution in [0.15, 0.2) is 23.0 Å². The number of aryl methyl sites for hydroxylation is 1. The standard InChI is InChI=1S/C21H24N2O5/c1-12(2)19(24)18-13(3)15(11-22)20(25)23(21(18)26)9-8-14-6-7-16(27-4)17(10-14)28-5/h6-7,10,12,26H,8-9H2,1-5H3. The Hall–Kier alpha value is -3.27. The molecule has 0 aliphatic rings. The number of pyridine rings is 1. The fourth-order valence-corrected chi connectivity index (χ4v) is 3.02. The second-order valence-corrected chi connectivity index (χ2v) is 6.73. The number of nitrogens with zero attached hydrogens (tertiary/aromatic N) is 2. The second-order valence-electron chi connectivity index (χ2n) is 6.73. The molecular weight excluding hydrogens is 360 g/mol. The van der Waals surface area contributed by atoms with E-state index < -0.39 is 11.4 Å². The fourth-order valence-electron chi connectivity index (χ4n) is 3.02. The monoisotopic (exact) mass is 384 g/mol. The molecule has 0 aliphatic heterocycles. The lowest BCUT2D eigenvalue weighted by atomic mass is 9.95. The van der Waals surface area contributed by atoms with Crippen molar-refractivity contribution in [2.24, 2.45) is 5.92 Å². The highest BCUT2D eigenvalue weighted by molar-refractivity contribution is 6.01. The summed E-state index contributed by atoms with van der Waals surface area (Å²) in [6.45, 7) is 5.01. The van der Waals surface area contributed by atoms with Crippen LogP contribution in [0.2, 0.25) is 0 Å². The largest absolute Gasteiger partial charge is 0.494 e. The number of carbonyl (C=O) groups is 1. The van der Waals surface area contributed by atoms with Crippen LogP contribution < -0.4 is 15.0 Å². The van der Waals surface area contributed by atoms with Gasteiger partial charge in [-0.2, -0.15) is 5.26 Å². The maximum Gasteiger partial charge on any atom is 0.271 e. The highest BCUT2D eigenvalue weighted by Crippen LogP contribution is 2.29. The molecule has 0 spiro atoms. The van der Waals surface area contributed by atoms with Gasteiger partial charge in [0, 0.05) is 12.5 Å². The highest BCUT2D eigenvalue weighted by Gasteiger charge is 2.25. The number of benzene rings is 1. The number of methoxy groups -OCH3 is 2. The Balaban J connectivity index is 2.49. The summed E-state index contributed by atoms with van der Waals surface area (Å²) in [5.41, 5.74) is 0.344. The highest BCUT2D eigenvalue weighted by atomic mass is 16.5. The lowest BCUT2D eigenvalue weighted by Crippen LogP contribution is -2.28. The first-order valence-electron chi connectivity index (χ1n) is 8.88. The van der Waals surface area contributed by atoms with E-state index in [1.165, 1.54) is 21.1 Å². The smallest absolute Gasteiger partial charge is 0.271 e. The van der Waals surface area contributed by atoms with Gasteiger partial charge in [0.1, 0.15) is 11.6 Å². The summed E-state index contributed by atoms with van der Waals surface area (Å²) in [5.74, 6) is 0.0343. The van der Waals surface area contributed by atoms with Gasteiger partial charge in [0.25, 0.3) is 5.56 Å². The maximum absolute atomic E-state index is 12.7. The summed E-state index contributed by atoms with van der Waals surface area (Å²) in [7, 11) is 3.07. The van der Waals surface area contributed by atoms with Gasteiger partial charge in [-0.15, -0.1) is 0 Å². The molecule has 28 heavy (non-hydrogen) atoms. The molecule has 0 unspecified atom stereocenters. The lowest BCUT2D eigenvalue weighted by Gasteiger charge is -2.17. The Morgan fingerprint density at radius 2 is 1.89 bits per heavy atom. The number of Topliss-reactive ketones (excluding diaryl/α,β-unsaturated/α-hetero) is 1. The van der Waals surface area contributed by atoms with Crippen molar-refractivity contribution in [3.8, 4) is 23.4 Å². The summed E-state index contributed by atoms with van der Waals surface area (Å²) < 4.78 is 11.6. The molecule has 0 atom stereocenters. The number of hydrogen-bond donors (Lipinski definition) is 1. The molecule has 1 N–H and O–H groups in total. The zero-order chi connectivity index (χ0) is 21.0. The number of ether oxygens (including phenoxy) is 2. The van der Waals surface area contributed by atoms with Crippen molar-refractivity contribution >= 4 is 5.78 Å². The van der Waals surface area contributed by atoms with Crippen molar-refractivity contribution < 1.29 is 19.4 Å². The van der Waals surface area contributed by atoms with E-state index in [4.69, 9.17) is 9.47 Å². The Morgan fingerprint density at radius 1 is 1.25 bits per heavy atom. The molecule has 2 rings (SSSR count). The van der Waals surface area contributed by atoms with E-state index in [0.29, 0.717) is 17.9 Å². The van der Waals surface area contributed by atoms with Gasteiger partial charge in [-0.3, -0.25) is 14.2 Å². The Kier molecular flexibility index (Phi) is 6.47. The molecule has 0 aliphatic carbocycles. The van der Waals surface area contributed by atoms with Crippen LogP contribution in [0, 0.1) is 24.2 Å². The molecule has 148 valence electrons. The number of aromatic hydroxyl groups is 1. The van der Waals surface area contributed by atoms with Crippen molar-refractivity contribution in [2.75, 3.05) is 14.2 Å². The molecule has 0 saturated heterocycles. The minimum Gasteiger partial charge on any atom is -0.494 e. The molecule has 0 fully saturated rings. The first kappa shape index (κ1) is 21.0. The van der Waals surface area contributed by atoms with Crippen LogP contribution in [-0.4, -0.2) is 29.7 Å². The van der Waals surface area contributed by atoms with Crippen molar-refractivity contribution in [3.05, 3.63) is 50.8 Å². The van der Waals surface area contributed by atoms with E-state index in [1.54, 1.807) is 26.0 Å². The molecule has 1 heterocycles. The first-order chi connectivity index (χ1) is 13.3. The Labute approximate surface area is 163 Å². The molecule has 0 bridgehead atoms. The van der Waals surface area contributed by atoms with E-state index in [-0.39, 0.29) is 34.9 Å². The number of rotatable bonds is 7. The van der Waals surface area contributed by atoms with Crippen LogP contribution in [0.1, 0.15) is 40.9 Å². The van der Waals surface area contributed by atoms with Crippen molar-refractivity contribution in [1.82, 2.24) is 4.57 Å². The number of carbonyl (C=O) groups excluding carboxylic acids is 1. The molecule has 2 aromatic rings. The van der Waals surface area contributed by atoms with Crippen molar-refractivity contribution in [3.63, 3.8) is 0 Å². The average Bonchev–Trinajstić information content (AvgIpc) is 2.67. The van der Waals surface area contributed by atoms with Gasteiger partial charge in [0.05, 0.1) is 19.8 Å². The quantitative estimate of drug-likeness (QED) is 0.737. The summed E-state index contributed by atoms with van der Waals surface area (Å²) in [6.07, 6.45) is 0.386. The fraction of sp³-hybridized carbons (Fsp3) is 0.381. The minimum atomic E-state index is -0.613. The van der Waals surface area contributed by atoms with E-state index >= 15 is 0 Å². The van der Waals surface area contributed by atoms with Crippen LogP contribution >= 0.6 is 0 Å². The Morgan fingerprint density at radius 3 is 2.43 bits per heavy atom. The molecule has 0 amide bonds. The molecule has 1 aromatic heterocycles. The molecule has 7 nitrogen and oxygen atoms in total. The van der Waals surface area contributed by atoms with Gasteiger partial charge in [0.15, 0.2) is 17.3 Å². The van der Waals surface area contributed by atoms with Crippen LogP contribution in [0.5, 0.6) is 17.4 Å². The molecule has 7 heteroatoms. The van der Waals surface area contributed by atoms with Gasteiger partial charge in [0.2, 0.25) is 5.88 Å². The number of aromatic nitrogens is 1. The third-order valence-corrected chi connectivity index (χ3v) is 4.64. The number of hydrogen-bond acceptors (Lipinski definition) is 6. The minimum absolute atomic E-state index is 0.0264. The van der Waals surface area contributed by atoms with E-state index in [1.807, 2.05) is 12.1 Å². The van der Waals surface area contributed by atoms with Gasteiger partial charge < -0.3 is 14.6 Å². The van der Waals surface area contributed by atoms with E-state index in [0.717, 1.165) is 10.1 Å². The third-order valence-electron chi connectivity index (χ3n) is 4.64. The number of nitriles is 1. The van der Waals surface area contributed by atoms with Gasteiger partial charge in [-0.1, -0.05) is 19.9 Å². The Bertz CT molecular complexity index is 999. The molecule has 1 aromatic carbocycles. The van der Waals surface area contributed by atoms with E-state index in [9.17, 15) is 20.0 Å². The summed E-state index contributed by atoms with van der Waals surface area (Å²) in [5, 5.41) is 20.0. The van der Waals surface area contributed by atoms with Crippen LogP contribution in [0.4, 0.5) is 0 Å². The van der Waals surface area contributed by atoms with Crippen LogP contribution in [0.3, 0.4) is 0 Å². The maximum atomic E-state index is 12.7. The van der Waals surface area contributed by atoms with Crippen LogP contribution in [-0.2, 0) is 13.0 Å². The van der Waals surface area contributed by atoms with Crippen molar-refractivity contribution in [1.29, 1.82) is 5.26 Å². The van der Waals surface area contributed by atoms with Gasteiger partial charge in [-0.25, -0.2) is 0 Å². The predicted octanol–water partition coefficient (Wildman–Crippen LogP) is 2.83. The average molecular weight is 384 g/mol. The summed E-state index contributed by atoms with van der Waals surface area (Å²) in [4.78, 5) is 25.2. The molecule has 0 saturated carbocycles. The zero-order valence-corrected chi connectivity index (χ0v) is 16.7. The third kappa shape index (κ3) is 3.86. The normalized spacial score (nSPS) is 10.6. The predicted molar refractivity (Wildman–Crippen MR) is 104 cm³/mol. The SMILES string of the molecule is COc1ccc(CCn2c(O)c(C(=O)C(C)C)c(C)c(C#N)c2=O)cc1OC. The summed E-state index contributed by atoms with van der Waals surface area (Å²) >= 11 is 0. The summed E-state index contributed by atoms with van der Waals surface area (Å²) in [6, 6.07) is 7.21. The lowest BCUT2D eigenvalue weighted by molar-refractivity contribution is 0.0934. The number of ketones is 1. The zero-order valence-electron chi connectivity index (χ0n) is 16.7. The second kappa shape index (κ2) is 8.61.